The highest BCUT2D eigenvalue weighted by atomic mass is 19.4. The maximum atomic E-state index is 12.6. The molecule has 0 radical (unpaired) electrons. The molecular formula is C15H12F3N3O3. The first-order valence-corrected chi connectivity index (χ1v) is 6.67. The normalized spacial score (nSPS) is 11.0. The fourth-order valence-electron chi connectivity index (χ4n) is 1.87. The number of nitrogens with one attached hydrogen (secondary N) is 2. The van der Waals surface area contributed by atoms with Crippen molar-refractivity contribution >= 4 is 17.3 Å². The van der Waals surface area contributed by atoms with Crippen LogP contribution in [0.2, 0.25) is 0 Å². The maximum absolute atomic E-state index is 12.6. The number of rotatable bonds is 4. The van der Waals surface area contributed by atoms with Gasteiger partial charge in [0.2, 0.25) is 0 Å². The molecule has 1 amide bonds. The molecule has 0 unspecified atom stereocenters. The van der Waals surface area contributed by atoms with Crippen LogP contribution in [-0.4, -0.2) is 10.8 Å². The molecule has 0 atom stereocenters. The number of hydrogen-bond acceptors (Lipinski definition) is 4. The van der Waals surface area contributed by atoms with Crippen LogP contribution in [0.25, 0.3) is 0 Å². The van der Waals surface area contributed by atoms with E-state index in [4.69, 9.17) is 0 Å². The van der Waals surface area contributed by atoms with Crippen LogP contribution in [0.15, 0.2) is 42.5 Å². The first-order chi connectivity index (χ1) is 11.2. The number of nitro benzene ring substituents is 1. The summed E-state index contributed by atoms with van der Waals surface area (Å²) in [7, 11) is 0. The SMILES string of the molecule is Cc1ccc(C(=O)NNc2ccc(C(F)(F)F)cc2[N+](=O)[O-])cc1. The molecule has 0 spiro atoms. The monoisotopic (exact) mass is 339 g/mol. The van der Waals surface area contributed by atoms with Gasteiger partial charge in [0.25, 0.3) is 11.6 Å². The van der Waals surface area contributed by atoms with Crippen molar-refractivity contribution in [2.24, 2.45) is 0 Å². The van der Waals surface area contributed by atoms with Crippen molar-refractivity contribution in [1.29, 1.82) is 0 Å². The molecule has 0 aliphatic carbocycles. The Morgan fingerprint density at radius 3 is 2.29 bits per heavy atom. The third-order valence-corrected chi connectivity index (χ3v) is 3.15. The van der Waals surface area contributed by atoms with Crippen molar-refractivity contribution in [3.05, 3.63) is 69.3 Å². The molecule has 0 aliphatic heterocycles. The van der Waals surface area contributed by atoms with E-state index in [-0.39, 0.29) is 5.69 Å². The quantitative estimate of drug-likeness (QED) is 0.657. The van der Waals surface area contributed by atoms with E-state index in [2.05, 4.69) is 10.9 Å². The standard InChI is InChI=1S/C15H12F3N3O3/c1-9-2-4-10(5-3-9)14(22)20-19-12-7-6-11(15(16,17)18)8-13(12)21(23)24/h2-8,19H,1H3,(H,20,22). The van der Waals surface area contributed by atoms with E-state index in [1.54, 1.807) is 24.3 Å². The molecule has 9 heteroatoms. The second-order valence-electron chi connectivity index (χ2n) is 4.93. The van der Waals surface area contributed by atoms with Gasteiger partial charge in [-0.1, -0.05) is 17.7 Å². The Kier molecular flexibility index (Phi) is 4.72. The van der Waals surface area contributed by atoms with E-state index < -0.39 is 28.3 Å². The Balaban J connectivity index is 2.18. The molecule has 2 rings (SSSR count). The number of carbonyl (C=O) groups is 1. The van der Waals surface area contributed by atoms with E-state index >= 15 is 0 Å². The Hall–Kier alpha value is -3.10. The van der Waals surface area contributed by atoms with E-state index in [1.165, 1.54) is 0 Å². The summed E-state index contributed by atoms with van der Waals surface area (Å²) >= 11 is 0. The minimum absolute atomic E-state index is 0.256. The van der Waals surface area contributed by atoms with E-state index in [1.807, 2.05) is 6.92 Å². The summed E-state index contributed by atoms with van der Waals surface area (Å²) in [5.41, 5.74) is 3.53. The molecule has 0 heterocycles. The molecular weight excluding hydrogens is 327 g/mol. The highest BCUT2D eigenvalue weighted by molar-refractivity contribution is 5.95. The lowest BCUT2D eigenvalue weighted by molar-refractivity contribution is -0.384. The van der Waals surface area contributed by atoms with Crippen LogP contribution in [0.5, 0.6) is 0 Å². The minimum atomic E-state index is -4.70. The van der Waals surface area contributed by atoms with Gasteiger partial charge in [0.15, 0.2) is 0 Å². The third-order valence-electron chi connectivity index (χ3n) is 3.15. The summed E-state index contributed by atoms with van der Waals surface area (Å²) in [4.78, 5) is 21.9. The first-order valence-electron chi connectivity index (χ1n) is 6.67. The third kappa shape index (κ3) is 4.00. The highest BCUT2D eigenvalue weighted by Crippen LogP contribution is 2.34. The van der Waals surface area contributed by atoms with Crippen LogP contribution < -0.4 is 10.9 Å². The van der Waals surface area contributed by atoms with Crippen LogP contribution in [0.4, 0.5) is 24.5 Å². The minimum Gasteiger partial charge on any atom is -0.292 e. The number of nitro groups is 1. The largest absolute Gasteiger partial charge is 0.416 e. The summed E-state index contributed by atoms with van der Waals surface area (Å²) in [5.74, 6) is -0.579. The Morgan fingerprint density at radius 2 is 1.75 bits per heavy atom. The molecule has 2 aromatic rings. The van der Waals surface area contributed by atoms with Crippen LogP contribution in [0.1, 0.15) is 21.5 Å². The predicted octanol–water partition coefficient (Wildman–Crippen LogP) is 3.68. The zero-order valence-electron chi connectivity index (χ0n) is 12.3. The molecule has 2 N–H and O–H groups in total. The van der Waals surface area contributed by atoms with E-state index in [0.717, 1.165) is 11.6 Å². The molecule has 0 aromatic heterocycles. The molecule has 24 heavy (non-hydrogen) atoms. The van der Waals surface area contributed by atoms with Crippen molar-refractivity contribution < 1.29 is 22.9 Å². The van der Waals surface area contributed by atoms with Gasteiger partial charge in [-0.2, -0.15) is 13.2 Å². The van der Waals surface area contributed by atoms with Gasteiger partial charge in [-0.25, -0.2) is 0 Å². The number of hydrazine groups is 1. The fraction of sp³-hybridized carbons (Fsp3) is 0.133. The summed E-state index contributed by atoms with van der Waals surface area (Å²) in [6.07, 6.45) is -4.70. The van der Waals surface area contributed by atoms with Gasteiger partial charge in [0, 0.05) is 11.6 Å². The van der Waals surface area contributed by atoms with Gasteiger partial charge >= 0.3 is 6.18 Å². The molecule has 0 bridgehead atoms. The molecule has 6 nitrogen and oxygen atoms in total. The molecule has 0 saturated heterocycles. The number of anilines is 1. The van der Waals surface area contributed by atoms with E-state index in [9.17, 15) is 28.1 Å². The maximum Gasteiger partial charge on any atom is 0.416 e. The van der Waals surface area contributed by atoms with Crippen LogP contribution in [0, 0.1) is 17.0 Å². The average molecular weight is 339 g/mol. The fourth-order valence-corrected chi connectivity index (χ4v) is 1.87. The highest BCUT2D eigenvalue weighted by Gasteiger charge is 2.33. The van der Waals surface area contributed by atoms with Crippen LogP contribution in [-0.2, 0) is 6.18 Å². The zero-order valence-corrected chi connectivity index (χ0v) is 12.3. The van der Waals surface area contributed by atoms with Crippen molar-refractivity contribution in [2.75, 3.05) is 5.43 Å². The molecule has 0 aliphatic rings. The van der Waals surface area contributed by atoms with Gasteiger partial charge < -0.3 is 0 Å². The topological polar surface area (TPSA) is 84.3 Å². The number of amides is 1. The molecule has 0 fully saturated rings. The number of carbonyl (C=O) groups excluding carboxylic acids is 1. The molecule has 2 aromatic carbocycles. The molecule has 126 valence electrons. The number of aryl methyl sites for hydroxylation is 1. The average Bonchev–Trinajstić information content (AvgIpc) is 2.52. The lowest BCUT2D eigenvalue weighted by Crippen LogP contribution is -2.29. The smallest absolute Gasteiger partial charge is 0.292 e. The Bertz CT molecular complexity index is 774. The van der Waals surface area contributed by atoms with Gasteiger partial charge in [0.1, 0.15) is 5.69 Å². The van der Waals surface area contributed by atoms with Gasteiger partial charge in [-0.05, 0) is 31.2 Å². The lowest BCUT2D eigenvalue weighted by atomic mass is 10.1. The zero-order chi connectivity index (χ0) is 17.9. The Morgan fingerprint density at radius 1 is 1.12 bits per heavy atom. The van der Waals surface area contributed by atoms with Crippen LogP contribution in [0.3, 0.4) is 0 Å². The van der Waals surface area contributed by atoms with E-state index in [0.29, 0.717) is 17.7 Å². The van der Waals surface area contributed by atoms with Gasteiger partial charge in [-0.15, -0.1) is 0 Å². The summed E-state index contributed by atoms with van der Waals surface area (Å²) in [6, 6.07) is 8.48. The van der Waals surface area contributed by atoms with Crippen molar-refractivity contribution in [1.82, 2.24) is 5.43 Å². The summed E-state index contributed by atoms with van der Waals surface area (Å²) in [6.45, 7) is 1.84. The number of hydrogen-bond donors (Lipinski definition) is 2. The van der Waals surface area contributed by atoms with Crippen molar-refractivity contribution in [3.63, 3.8) is 0 Å². The van der Waals surface area contributed by atoms with Crippen molar-refractivity contribution in [2.45, 2.75) is 13.1 Å². The van der Waals surface area contributed by atoms with Gasteiger partial charge in [-0.3, -0.25) is 25.8 Å². The number of benzene rings is 2. The lowest BCUT2D eigenvalue weighted by Gasteiger charge is -2.11. The van der Waals surface area contributed by atoms with Crippen LogP contribution >= 0.6 is 0 Å². The number of halogens is 3. The summed E-state index contributed by atoms with van der Waals surface area (Å²) in [5, 5.41) is 10.9. The number of nitrogens with zero attached hydrogens (tertiary/aromatic N) is 1. The predicted molar refractivity (Wildman–Crippen MR) is 80.4 cm³/mol. The second kappa shape index (κ2) is 6.57. The molecule has 0 saturated carbocycles. The second-order valence-corrected chi connectivity index (χ2v) is 4.93. The van der Waals surface area contributed by atoms with Crippen molar-refractivity contribution in [3.8, 4) is 0 Å². The Labute approximate surface area is 134 Å². The first kappa shape index (κ1) is 17.3. The summed E-state index contributed by atoms with van der Waals surface area (Å²) < 4.78 is 37.9. The number of alkyl halides is 3. The van der Waals surface area contributed by atoms with Gasteiger partial charge in [0.05, 0.1) is 10.5 Å².